The number of aromatic nitrogens is 1. The summed E-state index contributed by atoms with van der Waals surface area (Å²) in [6.07, 6.45) is 1.18. The number of piperidine rings is 1. The van der Waals surface area contributed by atoms with E-state index in [2.05, 4.69) is 9.88 Å². The van der Waals surface area contributed by atoms with Crippen LogP contribution in [0.1, 0.15) is 18.5 Å². The highest BCUT2D eigenvalue weighted by Gasteiger charge is 2.25. The van der Waals surface area contributed by atoms with Gasteiger partial charge in [0.2, 0.25) is 0 Å². The summed E-state index contributed by atoms with van der Waals surface area (Å²) in [5, 5.41) is 9.87. The van der Waals surface area contributed by atoms with Gasteiger partial charge in [0.15, 0.2) is 0 Å². The van der Waals surface area contributed by atoms with E-state index in [4.69, 9.17) is 9.84 Å². The van der Waals surface area contributed by atoms with Crippen LogP contribution >= 0.6 is 0 Å². The number of aliphatic carboxylic acids is 1. The molecule has 6 heteroatoms. The molecule has 1 aromatic heterocycles. The molecule has 1 fully saturated rings. The van der Waals surface area contributed by atoms with Gasteiger partial charge in [0.25, 0.3) is 0 Å². The summed E-state index contributed by atoms with van der Waals surface area (Å²) < 4.78 is 18.8. The van der Waals surface area contributed by atoms with Crippen molar-refractivity contribution in [3.63, 3.8) is 0 Å². The first-order valence-corrected chi connectivity index (χ1v) is 7.64. The van der Waals surface area contributed by atoms with E-state index in [1.807, 2.05) is 6.07 Å². The predicted molar refractivity (Wildman–Crippen MR) is 85.0 cm³/mol. The Kier molecular flexibility index (Phi) is 4.43. The fourth-order valence-electron chi connectivity index (χ4n) is 3.08. The SMILES string of the molecule is COCc1cc(N2CCC(C(=O)O)CC2)c2cc(F)ccc2n1. The Morgan fingerprint density at radius 1 is 1.39 bits per heavy atom. The fourth-order valence-corrected chi connectivity index (χ4v) is 3.08. The highest BCUT2D eigenvalue weighted by molar-refractivity contribution is 5.92. The number of carboxylic acid groups (broad SMARTS) is 1. The smallest absolute Gasteiger partial charge is 0.306 e. The minimum absolute atomic E-state index is 0.297. The molecule has 0 radical (unpaired) electrons. The number of carbonyl (C=O) groups is 1. The average Bonchev–Trinajstić information content (AvgIpc) is 2.55. The van der Waals surface area contributed by atoms with Crippen LogP contribution in [-0.4, -0.2) is 36.3 Å². The van der Waals surface area contributed by atoms with Gasteiger partial charge >= 0.3 is 5.97 Å². The van der Waals surface area contributed by atoms with Crippen LogP contribution < -0.4 is 4.90 Å². The van der Waals surface area contributed by atoms with Crippen LogP contribution in [0, 0.1) is 11.7 Å². The Morgan fingerprint density at radius 3 is 2.78 bits per heavy atom. The van der Waals surface area contributed by atoms with Crippen molar-refractivity contribution in [2.45, 2.75) is 19.4 Å². The van der Waals surface area contributed by atoms with Crippen LogP contribution in [0.3, 0.4) is 0 Å². The van der Waals surface area contributed by atoms with Gasteiger partial charge in [0, 0.05) is 31.3 Å². The lowest BCUT2D eigenvalue weighted by molar-refractivity contribution is -0.142. The van der Waals surface area contributed by atoms with E-state index in [0.717, 1.165) is 22.3 Å². The molecule has 1 aliphatic heterocycles. The minimum Gasteiger partial charge on any atom is -0.481 e. The maximum atomic E-state index is 13.7. The Labute approximate surface area is 133 Å². The summed E-state index contributed by atoms with van der Waals surface area (Å²) in [6, 6.07) is 6.45. The monoisotopic (exact) mass is 318 g/mol. The molecule has 0 amide bonds. The molecular weight excluding hydrogens is 299 g/mol. The third kappa shape index (κ3) is 3.27. The number of hydrogen-bond donors (Lipinski definition) is 1. The molecule has 1 aliphatic rings. The molecule has 0 aliphatic carbocycles. The van der Waals surface area contributed by atoms with Crippen LogP contribution in [0.25, 0.3) is 10.9 Å². The van der Waals surface area contributed by atoms with E-state index in [0.29, 0.717) is 32.5 Å². The molecule has 1 aromatic carbocycles. The van der Waals surface area contributed by atoms with Gasteiger partial charge in [-0.2, -0.15) is 0 Å². The third-order valence-electron chi connectivity index (χ3n) is 4.28. The van der Waals surface area contributed by atoms with E-state index in [1.54, 1.807) is 13.2 Å². The predicted octanol–water partition coefficient (Wildman–Crippen LogP) is 2.82. The summed E-state index contributed by atoms with van der Waals surface area (Å²) in [7, 11) is 1.61. The molecule has 2 aromatic rings. The first-order chi connectivity index (χ1) is 11.1. The Hall–Kier alpha value is -2.21. The molecule has 0 atom stereocenters. The number of methoxy groups -OCH3 is 1. The number of rotatable bonds is 4. The number of anilines is 1. The highest BCUT2D eigenvalue weighted by Crippen LogP contribution is 2.31. The quantitative estimate of drug-likeness (QED) is 0.939. The first-order valence-electron chi connectivity index (χ1n) is 7.64. The minimum atomic E-state index is -0.740. The van der Waals surface area contributed by atoms with Gasteiger partial charge < -0.3 is 14.7 Å². The van der Waals surface area contributed by atoms with Crippen LogP contribution in [0.5, 0.6) is 0 Å². The molecule has 122 valence electrons. The normalized spacial score (nSPS) is 16.0. The standard InChI is InChI=1S/C17H19FN2O3/c1-23-10-13-9-16(14-8-12(18)2-3-15(14)19-13)20-6-4-11(5-7-20)17(21)22/h2-3,8-9,11H,4-7,10H2,1H3,(H,21,22). The van der Waals surface area contributed by atoms with Crippen molar-refractivity contribution < 1.29 is 19.0 Å². The van der Waals surface area contributed by atoms with Crippen molar-refractivity contribution in [1.29, 1.82) is 0 Å². The molecule has 2 heterocycles. The van der Waals surface area contributed by atoms with Gasteiger partial charge in [-0.3, -0.25) is 9.78 Å². The van der Waals surface area contributed by atoms with Crippen molar-refractivity contribution in [2.24, 2.45) is 5.92 Å². The van der Waals surface area contributed by atoms with Crippen molar-refractivity contribution in [1.82, 2.24) is 4.98 Å². The molecule has 0 saturated carbocycles. The van der Waals surface area contributed by atoms with Gasteiger partial charge in [-0.1, -0.05) is 0 Å². The molecule has 3 rings (SSSR count). The summed E-state index contributed by atoms with van der Waals surface area (Å²) >= 11 is 0. The first kappa shape index (κ1) is 15.7. The number of carboxylic acids is 1. The van der Waals surface area contributed by atoms with E-state index in [1.165, 1.54) is 12.1 Å². The van der Waals surface area contributed by atoms with Crippen molar-refractivity contribution in [3.05, 3.63) is 35.8 Å². The number of ether oxygens (including phenoxy) is 1. The van der Waals surface area contributed by atoms with Gasteiger partial charge in [-0.15, -0.1) is 0 Å². The number of benzene rings is 1. The van der Waals surface area contributed by atoms with E-state index in [-0.39, 0.29) is 11.7 Å². The molecule has 23 heavy (non-hydrogen) atoms. The second-order valence-corrected chi connectivity index (χ2v) is 5.83. The van der Waals surface area contributed by atoms with Gasteiger partial charge in [0.05, 0.1) is 23.7 Å². The second-order valence-electron chi connectivity index (χ2n) is 5.83. The number of hydrogen-bond acceptors (Lipinski definition) is 4. The van der Waals surface area contributed by atoms with E-state index < -0.39 is 5.97 Å². The number of nitrogens with zero attached hydrogens (tertiary/aromatic N) is 2. The lowest BCUT2D eigenvalue weighted by Crippen LogP contribution is -2.36. The number of pyridine rings is 1. The largest absolute Gasteiger partial charge is 0.481 e. The van der Waals surface area contributed by atoms with Crippen LogP contribution in [0.2, 0.25) is 0 Å². The Balaban J connectivity index is 1.98. The lowest BCUT2D eigenvalue weighted by Gasteiger charge is -2.33. The topological polar surface area (TPSA) is 62.7 Å². The van der Waals surface area contributed by atoms with Crippen molar-refractivity contribution in [3.8, 4) is 0 Å². The molecule has 5 nitrogen and oxygen atoms in total. The van der Waals surface area contributed by atoms with Gasteiger partial charge in [-0.25, -0.2) is 4.39 Å². The highest BCUT2D eigenvalue weighted by atomic mass is 19.1. The Bertz CT molecular complexity index is 727. The maximum Gasteiger partial charge on any atom is 0.306 e. The zero-order chi connectivity index (χ0) is 16.4. The average molecular weight is 318 g/mol. The molecule has 0 unspecified atom stereocenters. The maximum absolute atomic E-state index is 13.7. The van der Waals surface area contributed by atoms with Crippen molar-refractivity contribution in [2.75, 3.05) is 25.1 Å². The molecule has 1 N–H and O–H groups in total. The summed E-state index contributed by atoms with van der Waals surface area (Å²) in [5.41, 5.74) is 2.39. The molecular formula is C17H19FN2O3. The molecule has 1 saturated heterocycles. The zero-order valence-corrected chi connectivity index (χ0v) is 13.0. The van der Waals surface area contributed by atoms with Crippen molar-refractivity contribution >= 4 is 22.6 Å². The van der Waals surface area contributed by atoms with Gasteiger partial charge in [-0.05, 0) is 37.1 Å². The summed E-state index contributed by atoms with van der Waals surface area (Å²) in [6.45, 7) is 1.66. The molecule has 0 bridgehead atoms. The second kappa shape index (κ2) is 6.50. The summed E-state index contributed by atoms with van der Waals surface area (Å²) in [5.74, 6) is -1.34. The van der Waals surface area contributed by atoms with E-state index in [9.17, 15) is 9.18 Å². The van der Waals surface area contributed by atoms with E-state index >= 15 is 0 Å². The number of halogens is 1. The zero-order valence-electron chi connectivity index (χ0n) is 13.0. The number of fused-ring (bicyclic) bond motifs is 1. The third-order valence-corrected chi connectivity index (χ3v) is 4.28. The Morgan fingerprint density at radius 2 is 2.13 bits per heavy atom. The lowest BCUT2D eigenvalue weighted by atomic mass is 9.96. The van der Waals surface area contributed by atoms with Crippen LogP contribution in [0.15, 0.2) is 24.3 Å². The van der Waals surface area contributed by atoms with Crippen LogP contribution in [-0.2, 0) is 16.1 Å². The van der Waals surface area contributed by atoms with Crippen LogP contribution in [0.4, 0.5) is 10.1 Å². The van der Waals surface area contributed by atoms with Gasteiger partial charge in [0.1, 0.15) is 5.82 Å². The molecule has 0 spiro atoms. The fraction of sp³-hybridized carbons (Fsp3) is 0.412. The summed E-state index contributed by atoms with van der Waals surface area (Å²) in [4.78, 5) is 17.7.